The first kappa shape index (κ1) is 15.2. The maximum atomic E-state index is 11.7. The Morgan fingerprint density at radius 3 is 2.30 bits per heavy atom. The van der Waals surface area contributed by atoms with Gasteiger partial charge in [0.15, 0.2) is 0 Å². The first-order valence-electron chi connectivity index (χ1n) is 5.53. The van der Waals surface area contributed by atoms with Gasteiger partial charge < -0.3 is 9.47 Å². The molecule has 0 saturated carbocycles. The monoisotopic (exact) mass is 277 g/mol. The molecule has 0 atom stereocenters. The summed E-state index contributed by atoms with van der Waals surface area (Å²) in [6, 6.07) is 5.62. The molecular weight excluding hydrogens is 266 g/mol. The number of esters is 2. The molecule has 0 aromatic heterocycles. The molecule has 1 rings (SSSR count). The minimum Gasteiger partial charge on any atom is -0.459 e. The Labute approximate surface area is 114 Å². The van der Waals surface area contributed by atoms with E-state index in [1.165, 1.54) is 24.3 Å². The van der Waals surface area contributed by atoms with Crippen LogP contribution in [0, 0.1) is 4.91 Å². The van der Waals surface area contributed by atoms with Crippen molar-refractivity contribution in [3.05, 3.63) is 53.0 Å². The van der Waals surface area contributed by atoms with E-state index in [0.717, 1.165) is 6.08 Å². The summed E-state index contributed by atoms with van der Waals surface area (Å²) in [5, 5.41) is 2.26. The molecule has 0 N–H and O–H groups in total. The van der Waals surface area contributed by atoms with Crippen LogP contribution in [-0.2, 0) is 14.3 Å². The maximum absolute atomic E-state index is 11.7. The van der Waals surface area contributed by atoms with Crippen LogP contribution < -0.4 is 0 Å². The van der Waals surface area contributed by atoms with E-state index in [2.05, 4.69) is 16.5 Å². The second-order valence-electron chi connectivity index (χ2n) is 3.45. The Balaban J connectivity index is 2.64. The molecule has 1 aromatic rings. The third kappa shape index (κ3) is 4.13. The molecule has 0 unspecified atom stereocenters. The highest BCUT2D eigenvalue weighted by atomic mass is 16.6. The smallest absolute Gasteiger partial charge is 0.339 e. The van der Waals surface area contributed by atoms with Crippen LogP contribution in [0.5, 0.6) is 0 Å². The number of carbonyl (C=O) groups excluding carboxylic acids is 3. The Hall–Kier alpha value is -2.83. The van der Waals surface area contributed by atoms with Gasteiger partial charge in [0.05, 0.1) is 11.1 Å². The number of carbonyl (C=O) groups is 3. The quantitative estimate of drug-likeness (QED) is 0.338. The molecule has 0 aliphatic heterocycles. The summed E-state index contributed by atoms with van der Waals surface area (Å²) >= 11 is 0. The lowest BCUT2D eigenvalue weighted by Crippen LogP contribution is -2.15. The molecule has 1 aromatic carbocycles. The Bertz CT molecular complexity index is 552. The molecular formula is C13H11NO6. The fourth-order valence-electron chi connectivity index (χ4n) is 1.31. The minimum atomic E-state index is -1.06. The number of benzene rings is 1. The second kappa shape index (κ2) is 7.57. The van der Waals surface area contributed by atoms with Crippen LogP contribution in [0.3, 0.4) is 0 Å². The van der Waals surface area contributed by atoms with Crippen molar-refractivity contribution in [1.29, 1.82) is 0 Å². The molecule has 0 aliphatic carbocycles. The number of nitroso groups, excluding NO2 is 1. The molecule has 0 radical (unpaired) electrons. The summed E-state index contributed by atoms with van der Waals surface area (Å²) in [6.07, 6.45) is 0.978. The van der Waals surface area contributed by atoms with Crippen LogP contribution in [0.15, 0.2) is 42.1 Å². The molecule has 0 aliphatic rings. The number of nitrogens with zero attached hydrogens (tertiary/aromatic N) is 1. The normalized spacial score (nSPS) is 9.40. The molecule has 1 amide bonds. The number of rotatable bonds is 6. The first-order valence-corrected chi connectivity index (χ1v) is 5.53. The lowest BCUT2D eigenvalue weighted by atomic mass is 10.1. The molecule has 20 heavy (non-hydrogen) atoms. The van der Waals surface area contributed by atoms with E-state index < -0.39 is 17.8 Å². The van der Waals surface area contributed by atoms with Crippen LogP contribution in [-0.4, -0.2) is 31.1 Å². The maximum Gasteiger partial charge on any atom is 0.339 e. The zero-order valence-electron chi connectivity index (χ0n) is 10.4. The van der Waals surface area contributed by atoms with Gasteiger partial charge in [-0.1, -0.05) is 18.7 Å². The standard InChI is InChI=1S/C13H11NO6/c1-2-11(15)19-7-8-20-13(17)10-6-4-3-5-9(10)12(16)14-18/h2-6H,1,7-8H2. The molecule has 104 valence electrons. The van der Waals surface area contributed by atoms with Gasteiger partial charge in [0.2, 0.25) is 0 Å². The average molecular weight is 277 g/mol. The number of hydrogen-bond donors (Lipinski definition) is 0. The highest BCUT2D eigenvalue weighted by Crippen LogP contribution is 2.11. The Morgan fingerprint density at radius 2 is 1.70 bits per heavy atom. The van der Waals surface area contributed by atoms with Gasteiger partial charge in [-0.05, 0) is 12.1 Å². The van der Waals surface area contributed by atoms with Crippen molar-refractivity contribution in [3.8, 4) is 0 Å². The van der Waals surface area contributed by atoms with E-state index >= 15 is 0 Å². The van der Waals surface area contributed by atoms with Gasteiger partial charge in [0.25, 0.3) is 0 Å². The lowest BCUT2D eigenvalue weighted by molar-refractivity contribution is -0.138. The summed E-state index contributed by atoms with van der Waals surface area (Å²) < 4.78 is 9.42. The highest BCUT2D eigenvalue weighted by molar-refractivity contribution is 6.05. The van der Waals surface area contributed by atoms with Crippen molar-refractivity contribution >= 4 is 17.8 Å². The number of amides is 1. The van der Waals surface area contributed by atoms with Crippen molar-refractivity contribution in [3.63, 3.8) is 0 Å². The summed E-state index contributed by atoms with van der Waals surface area (Å²) in [5.41, 5.74) is -0.220. The van der Waals surface area contributed by atoms with E-state index in [9.17, 15) is 19.3 Å². The molecule has 0 spiro atoms. The van der Waals surface area contributed by atoms with Gasteiger partial charge in [-0.25, -0.2) is 9.59 Å². The minimum absolute atomic E-state index is 0.0767. The van der Waals surface area contributed by atoms with Gasteiger partial charge >= 0.3 is 17.8 Å². The third-order valence-corrected chi connectivity index (χ3v) is 2.19. The molecule has 0 fully saturated rings. The van der Waals surface area contributed by atoms with Crippen molar-refractivity contribution in [2.24, 2.45) is 5.18 Å². The summed E-state index contributed by atoms with van der Waals surface area (Å²) in [6.45, 7) is 2.88. The van der Waals surface area contributed by atoms with E-state index in [1.54, 1.807) is 0 Å². The van der Waals surface area contributed by atoms with Crippen LogP contribution in [0.1, 0.15) is 20.7 Å². The van der Waals surface area contributed by atoms with Gasteiger partial charge in [-0.3, -0.25) is 4.79 Å². The van der Waals surface area contributed by atoms with Crippen LogP contribution >= 0.6 is 0 Å². The molecule has 7 nitrogen and oxygen atoms in total. The first-order chi connectivity index (χ1) is 9.60. The lowest BCUT2D eigenvalue weighted by Gasteiger charge is -2.07. The molecule has 7 heteroatoms. The number of hydrogen-bond acceptors (Lipinski definition) is 6. The van der Waals surface area contributed by atoms with E-state index in [0.29, 0.717) is 0 Å². The topological polar surface area (TPSA) is 99.1 Å². The van der Waals surface area contributed by atoms with Crippen LogP contribution in [0.25, 0.3) is 0 Å². The summed E-state index contributed by atoms with van der Waals surface area (Å²) in [5.74, 6) is -2.51. The van der Waals surface area contributed by atoms with Gasteiger partial charge in [0.1, 0.15) is 13.2 Å². The fourth-order valence-corrected chi connectivity index (χ4v) is 1.31. The average Bonchev–Trinajstić information content (AvgIpc) is 2.50. The largest absolute Gasteiger partial charge is 0.459 e. The van der Waals surface area contributed by atoms with Crippen molar-refractivity contribution < 1.29 is 23.9 Å². The van der Waals surface area contributed by atoms with E-state index in [4.69, 9.17) is 4.74 Å². The predicted octanol–water partition coefficient (Wildman–Crippen LogP) is 1.48. The van der Waals surface area contributed by atoms with Crippen LogP contribution in [0.2, 0.25) is 0 Å². The molecule has 0 bridgehead atoms. The second-order valence-corrected chi connectivity index (χ2v) is 3.45. The fraction of sp³-hybridized carbons (Fsp3) is 0.154. The van der Waals surface area contributed by atoms with Gasteiger partial charge in [0, 0.05) is 11.3 Å². The zero-order chi connectivity index (χ0) is 15.0. The Morgan fingerprint density at radius 1 is 1.10 bits per heavy atom. The predicted molar refractivity (Wildman–Crippen MR) is 68.0 cm³/mol. The molecule has 0 heterocycles. The highest BCUT2D eigenvalue weighted by Gasteiger charge is 2.18. The van der Waals surface area contributed by atoms with Crippen molar-refractivity contribution in [1.82, 2.24) is 0 Å². The zero-order valence-corrected chi connectivity index (χ0v) is 10.4. The SMILES string of the molecule is C=CC(=O)OCCOC(=O)c1ccccc1C(=O)N=O. The molecule has 0 saturated heterocycles. The summed E-state index contributed by atoms with van der Waals surface area (Å²) in [7, 11) is 0. The van der Waals surface area contributed by atoms with Gasteiger partial charge in [-0.15, -0.1) is 4.91 Å². The van der Waals surface area contributed by atoms with E-state index in [1.807, 2.05) is 0 Å². The van der Waals surface area contributed by atoms with Crippen molar-refractivity contribution in [2.45, 2.75) is 0 Å². The van der Waals surface area contributed by atoms with E-state index in [-0.39, 0.29) is 24.3 Å². The third-order valence-electron chi connectivity index (χ3n) is 2.19. The number of ether oxygens (including phenoxy) is 2. The van der Waals surface area contributed by atoms with Crippen LogP contribution in [0.4, 0.5) is 0 Å². The van der Waals surface area contributed by atoms with Crippen molar-refractivity contribution in [2.75, 3.05) is 13.2 Å². The summed E-state index contributed by atoms with van der Waals surface area (Å²) in [4.78, 5) is 43.9. The Kier molecular flexibility index (Phi) is 5.76. The van der Waals surface area contributed by atoms with Gasteiger partial charge in [-0.2, -0.15) is 0 Å².